The van der Waals surface area contributed by atoms with Gasteiger partial charge in [-0.05, 0) is 62.0 Å². The molecule has 1 aliphatic heterocycles. The molecule has 0 bridgehead atoms. The minimum atomic E-state index is 0.0849. The van der Waals surface area contributed by atoms with Crippen molar-refractivity contribution < 1.29 is 9.53 Å². The fourth-order valence-electron chi connectivity index (χ4n) is 2.90. The molecule has 1 aromatic carbocycles. The highest BCUT2D eigenvalue weighted by Gasteiger charge is 2.21. The molecule has 1 amide bonds. The number of carbonyl (C=O) groups is 1. The number of nitrogens with two attached hydrogens (primary N) is 1. The second-order valence-corrected chi connectivity index (χ2v) is 5.98. The molecule has 122 valence electrons. The van der Waals surface area contributed by atoms with Crippen LogP contribution in [0, 0.1) is 11.8 Å². The number of piperidine rings is 1. The van der Waals surface area contributed by atoms with E-state index in [0.717, 1.165) is 24.5 Å². The highest BCUT2D eigenvalue weighted by atomic mass is 16.5. The summed E-state index contributed by atoms with van der Waals surface area (Å²) in [5.74, 6) is 1.93. The Morgan fingerprint density at radius 2 is 2.05 bits per heavy atom. The van der Waals surface area contributed by atoms with E-state index in [2.05, 4.69) is 17.6 Å². The summed E-state index contributed by atoms with van der Waals surface area (Å²) in [6.45, 7) is 5.31. The molecule has 1 saturated heterocycles. The molecule has 0 radical (unpaired) electrons. The lowest BCUT2D eigenvalue weighted by Gasteiger charge is -2.27. The maximum atomic E-state index is 12.1. The van der Waals surface area contributed by atoms with E-state index < -0.39 is 0 Å². The van der Waals surface area contributed by atoms with Crippen molar-refractivity contribution in [1.29, 1.82) is 0 Å². The van der Waals surface area contributed by atoms with Crippen LogP contribution < -0.4 is 21.1 Å². The van der Waals surface area contributed by atoms with Crippen LogP contribution in [-0.4, -0.2) is 32.1 Å². The molecular weight excluding hydrogens is 278 g/mol. The average molecular weight is 305 g/mol. The van der Waals surface area contributed by atoms with Crippen LogP contribution in [0.2, 0.25) is 0 Å². The lowest BCUT2D eigenvalue weighted by atomic mass is 9.84. The topological polar surface area (TPSA) is 76.4 Å². The Hall–Kier alpha value is -1.59. The van der Waals surface area contributed by atoms with Gasteiger partial charge in [-0.2, -0.15) is 0 Å². The van der Waals surface area contributed by atoms with Crippen molar-refractivity contribution in [2.45, 2.75) is 26.2 Å². The largest absolute Gasteiger partial charge is 0.492 e. The van der Waals surface area contributed by atoms with E-state index in [1.807, 2.05) is 24.3 Å². The Bertz CT molecular complexity index is 455. The zero-order valence-corrected chi connectivity index (χ0v) is 13.3. The Morgan fingerprint density at radius 3 is 2.68 bits per heavy atom. The van der Waals surface area contributed by atoms with Gasteiger partial charge in [-0.3, -0.25) is 4.79 Å². The summed E-state index contributed by atoms with van der Waals surface area (Å²) < 4.78 is 5.42. The standard InChI is InChI=1S/C17H27N3O2/c1-13(14-6-9-19-10-7-14)12-17(21)20-15-2-4-16(5-3-15)22-11-8-18/h2-5,13-14,19H,6-12,18H2,1H3,(H,20,21). The third-order valence-corrected chi connectivity index (χ3v) is 4.22. The van der Waals surface area contributed by atoms with Gasteiger partial charge < -0.3 is 21.1 Å². The van der Waals surface area contributed by atoms with Crippen LogP contribution in [0.15, 0.2) is 24.3 Å². The van der Waals surface area contributed by atoms with Gasteiger partial charge in [-0.1, -0.05) is 6.92 Å². The molecule has 1 heterocycles. The van der Waals surface area contributed by atoms with E-state index in [9.17, 15) is 4.79 Å². The van der Waals surface area contributed by atoms with Gasteiger partial charge in [0, 0.05) is 18.7 Å². The number of hydrogen-bond donors (Lipinski definition) is 3. The highest BCUT2D eigenvalue weighted by molar-refractivity contribution is 5.90. The molecule has 0 aliphatic carbocycles. The van der Waals surface area contributed by atoms with Crippen LogP contribution in [0.3, 0.4) is 0 Å². The van der Waals surface area contributed by atoms with Gasteiger partial charge in [-0.25, -0.2) is 0 Å². The summed E-state index contributed by atoms with van der Waals surface area (Å²) in [5, 5.41) is 6.32. The molecule has 5 nitrogen and oxygen atoms in total. The SMILES string of the molecule is CC(CC(=O)Nc1ccc(OCCN)cc1)C1CCNCC1. The van der Waals surface area contributed by atoms with Gasteiger partial charge in [0.15, 0.2) is 0 Å². The van der Waals surface area contributed by atoms with Crippen LogP contribution in [0.25, 0.3) is 0 Å². The maximum absolute atomic E-state index is 12.1. The first-order chi connectivity index (χ1) is 10.7. The summed E-state index contributed by atoms with van der Waals surface area (Å²) in [5.41, 5.74) is 6.20. The van der Waals surface area contributed by atoms with E-state index in [1.165, 1.54) is 12.8 Å². The molecular formula is C17H27N3O2. The van der Waals surface area contributed by atoms with Crippen molar-refractivity contribution >= 4 is 11.6 Å². The average Bonchev–Trinajstić information content (AvgIpc) is 2.55. The molecule has 1 unspecified atom stereocenters. The number of benzene rings is 1. The quantitative estimate of drug-likeness (QED) is 0.720. The number of anilines is 1. The van der Waals surface area contributed by atoms with Crippen molar-refractivity contribution in [2.75, 3.05) is 31.6 Å². The summed E-state index contributed by atoms with van der Waals surface area (Å²) >= 11 is 0. The number of hydrogen-bond acceptors (Lipinski definition) is 4. The van der Waals surface area contributed by atoms with Gasteiger partial charge in [0.2, 0.25) is 5.91 Å². The number of amides is 1. The molecule has 4 N–H and O–H groups in total. The minimum Gasteiger partial charge on any atom is -0.492 e. The smallest absolute Gasteiger partial charge is 0.224 e. The monoisotopic (exact) mass is 305 g/mol. The molecule has 0 saturated carbocycles. The van der Waals surface area contributed by atoms with Gasteiger partial charge in [0.1, 0.15) is 12.4 Å². The first-order valence-corrected chi connectivity index (χ1v) is 8.12. The molecule has 1 aromatic rings. The fourth-order valence-corrected chi connectivity index (χ4v) is 2.90. The number of rotatable bonds is 7. The Morgan fingerprint density at radius 1 is 1.36 bits per heavy atom. The zero-order valence-electron chi connectivity index (χ0n) is 13.3. The van der Waals surface area contributed by atoms with E-state index in [0.29, 0.717) is 31.4 Å². The Kier molecular flexibility index (Phi) is 6.68. The third kappa shape index (κ3) is 5.31. The van der Waals surface area contributed by atoms with Crippen molar-refractivity contribution in [1.82, 2.24) is 5.32 Å². The van der Waals surface area contributed by atoms with Gasteiger partial charge in [-0.15, -0.1) is 0 Å². The van der Waals surface area contributed by atoms with Crippen molar-refractivity contribution in [3.05, 3.63) is 24.3 Å². The fraction of sp³-hybridized carbons (Fsp3) is 0.588. The van der Waals surface area contributed by atoms with Crippen LogP contribution in [-0.2, 0) is 4.79 Å². The molecule has 1 aliphatic rings. The summed E-state index contributed by atoms with van der Waals surface area (Å²) in [7, 11) is 0. The van der Waals surface area contributed by atoms with E-state index >= 15 is 0 Å². The second-order valence-electron chi connectivity index (χ2n) is 5.98. The highest BCUT2D eigenvalue weighted by Crippen LogP contribution is 2.25. The van der Waals surface area contributed by atoms with Crippen molar-refractivity contribution in [3.8, 4) is 5.75 Å². The summed E-state index contributed by atoms with van der Waals surface area (Å²) in [6, 6.07) is 7.42. The van der Waals surface area contributed by atoms with Crippen molar-refractivity contribution in [3.63, 3.8) is 0 Å². The minimum absolute atomic E-state index is 0.0849. The van der Waals surface area contributed by atoms with Crippen LogP contribution in [0.4, 0.5) is 5.69 Å². The van der Waals surface area contributed by atoms with E-state index in [-0.39, 0.29) is 5.91 Å². The van der Waals surface area contributed by atoms with E-state index in [4.69, 9.17) is 10.5 Å². The van der Waals surface area contributed by atoms with Gasteiger partial charge >= 0.3 is 0 Å². The molecule has 0 aromatic heterocycles. The summed E-state index contributed by atoms with van der Waals surface area (Å²) in [6.07, 6.45) is 2.92. The third-order valence-electron chi connectivity index (χ3n) is 4.22. The van der Waals surface area contributed by atoms with Crippen LogP contribution in [0.5, 0.6) is 5.75 Å². The predicted molar refractivity (Wildman–Crippen MR) is 89.0 cm³/mol. The maximum Gasteiger partial charge on any atom is 0.224 e. The predicted octanol–water partition coefficient (Wildman–Crippen LogP) is 1.99. The second kappa shape index (κ2) is 8.76. The van der Waals surface area contributed by atoms with Crippen LogP contribution in [0.1, 0.15) is 26.2 Å². The van der Waals surface area contributed by atoms with Gasteiger partial charge in [0.25, 0.3) is 0 Å². The molecule has 0 spiro atoms. The molecule has 1 fully saturated rings. The summed E-state index contributed by atoms with van der Waals surface area (Å²) in [4.78, 5) is 12.1. The molecule has 2 rings (SSSR count). The Balaban J connectivity index is 1.78. The lowest BCUT2D eigenvalue weighted by Crippen LogP contribution is -2.32. The first-order valence-electron chi connectivity index (χ1n) is 8.12. The Labute approximate surface area is 132 Å². The molecule has 22 heavy (non-hydrogen) atoms. The normalized spacial score (nSPS) is 17.0. The van der Waals surface area contributed by atoms with Crippen molar-refractivity contribution in [2.24, 2.45) is 17.6 Å². The lowest BCUT2D eigenvalue weighted by molar-refractivity contribution is -0.117. The molecule has 5 heteroatoms. The van der Waals surface area contributed by atoms with Crippen LogP contribution >= 0.6 is 0 Å². The number of ether oxygens (including phenoxy) is 1. The first kappa shape index (κ1) is 16.8. The van der Waals surface area contributed by atoms with E-state index in [1.54, 1.807) is 0 Å². The van der Waals surface area contributed by atoms with Gasteiger partial charge in [0.05, 0.1) is 0 Å². The number of carbonyl (C=O) groups excluding carboxylic acids is 1. The zero-order chi connectivity index (χ0) is 15.8. The number of nitrogens with one attached hydrogen (secondary N) is 2. The molecule has 1 atom stereocenters.